The molecule has 0 N–H and O–H groups in total. The van der Waals surface area contributed by atoms with Crippen molar-refractivity contribution in [1.82, 2.24) is 4.57 Å². The highest BCUT2D eigenvalue weighted by Crippen LogP contribution is 2.47. The first-order valence-electron chi connectivity index (χ1n) is 20.8. The van der Waals surface area contributed by atoms with Crippen LogP contribution in [0.15, 0.2) is 235 Å². The lowest BCUT2D eigenvalue weighted by Crippen LogP contribution is -2.10. The van der Waals surface area contributed by atoms with E-state index in [1.54, 1.807) is 0 Å². The Hall–Kier alpha value is -8.14. The number of anilines is 3. The van der Waals surface area contributed by atoms with E-state index in [-0.39, 0.29) is 0 Å². The highest BCUT2D eigenvalue weighted by atomic mass is 16.3. The molecule has 2 aromatic heterocycles. The first-order chi connectivity index (χ1) is 30.3. The molecule has 61 heavy (non-hydrogen) atoms. The van der Waals surface area contributed by atoms with Gasteiger partial charge in [-0.1, -0.05) is 170 Å². The Balaban J connectivity index is 1.03. The molecule has 0 radical (unpaired) electrons. The average Bonchev–Trinajstić information content (AvgIpc) is 3.90. The Morgan fingerprint density at radius 2 is 0.820 bits per heavy atom. The maximum Gasteiger partial charge on any atom is 0.159 e. The molecular formula is C58H38N2O. The molecule has 10 aromatic carbocycles. The van der Waals surface area contributed by atoms with E-state index in [0.29, 0.717) is 0 Å². The van der Waals surface area contributed by atoms with Crippen LogP contribution in [-0.2, 0) is 0 Å². The molecule has 0 aliphatic carbocycles. The standard InChI is InChI=1S/C58H38N2O/c1-3-14-39(15-4-1)40-26-28-41(29-27-40)42-30-32-45(33-31-42)59(46-34-36-47(37-35-46)60-53-23-11-9-20-49(53)50-21-10-12-24-54(50)60)55-25-13-22-51-56-48-19-8-7-18-44(48)38-52(58(56)61-57(51)55)43-16-5-2-6-17-43/h1-38H. The van der Waals surface area contributed by atoms with Gasteiger partial charge in [0.1, 0.15) is 5.58 Å². The van der Waals surface area contributed by atoms with E-state index in [1.807, 2.05) is 0 Å². The predicted octanol–water partition coefficient (Wildman–Crippen LogP) is 16.3. The number of nitrogens with zero attached hydrogens (tertiary/aromatic N) is 2. The molecule has 0 bridgehead atoms. The summed E-state index contributed by atoms with van der Waals surface area (Å²) in [6.07, 6.45) is 0. The van der Waals surface area contributed by atoms with Gasteiger partial charge in [0.2, 0.25) is 0 Å². The van der Waals surface area contributed by atoms with Crippen LogP contribution >= 0.6 is 0 Å². The zero-order valence-corrected chi connectivity index (χ0v) is 33.2. The minimum atomic E-state index is 0.845. The van der Waals surface area contributed by atoms with E-state index < -0.39 is 0 Å². The van der Waals surface area contributed by atoms with Gasteiger partial charge < -0.3 is 13.9 Å². The first kappa shape index (κ1) is 34.9. The van der Waals surface area contributed by atoms with Gasteiger partial charge in [0.25, 0.3) is 0 Å². The fourth-order valence-corrected chi connectivity index (χ4v) is 9.31. The van der Waals surface area contributed by atoms with Crippen molar-refractivity contribution in [2.75, 3.05) is 4.90 Å². The molecule has 3 nitrogen and oxygen atoms in total. The van der Waals surface area contributed by atoms with Crippen molar-refractivity contribution in [3.8, 4) is 39.1 Å². The van der Waals surface area contributed by atoms with Crippen LogP contribution in [-0.4, -0.2) is 4.57 Å². The Morgan fingerprint density at radius 1 is 0.344 bits per heavy atom. The quantitative estimate of drug-likeness (QED) is 0.161. The number of aromatic nitrogens is 1. The summed E-state index contributed by atoms with van der Waals surface area (Å²) >= 11 is 0. The van der Waals surface area contributed by atoms with Gasteiger partial charge >= 0.3 is 0 Å². The van der Waals surface area contributed by atoms with Crippen LogP contribution in [0, 0.1) is 0 Å². The molecule has 0 spiro atoms. The molecule has 2 heterocycles. The third-order valence-electron chi connectivity index (χ3n) is 12.2. The monoisotopic (exact) mass is 778 g/mol. The summed E-state index contributed by atoms with van der Waals surface area (Å²) in [7, 11) is 0. The molecule has 12 aromatic rings. The van der Waals surface area contributed by atoms with Crippen LogP contribution in [0.2, 0.25) is 0 Å². The molecule has 0 aliphatic rings. The number of benzene rings is 10. The summed E-state index contributed by atoms with van der Waals surface area (Å²) in [4.78, 5) is 2.34. The number of hydrogen-bond donors (Lipinski definition) is 0. The molecule has 0 saturated carbocycles. The van der Waals surface area contributed by atoms with Gasteiger partial charge in [-0.3, -0.25) is 0 Å². The van der Waals surface area contributed by atoms with Gasteiger partial charge in [0.05, 0.1) is 16.7 Å². The van der Waals surface area contributed by atoms with E-state index in [4.69, 9.17) is 4.42 Å². The largest absolute Gasteiger partial charge is 0.453 e. The molecule has 0 unspecified atom stereocenters. The number of furan rings is 1. The maximum absolute atomic E-state index is 7.18. The summed E-state index contributed by atoms with van der Waals surface area (Å²) in [5, 5.41) is 7.08. The fourth-order valence-electron chi connectivity index (χ4n) is 9.31. The summed E-state index contributed by atoms with van der Waals surface area (Å²) in [5.74, 6) is 0. The predicted molar refractivity (Wildman–Crippen MR) is 257 cm³/mol. The summed E-state index contributed by atoms with van der Waals surface area (Å²) in [5.41, 5.74) is 15.2. The Labute approximate surface area is 353 Å². The third-order valence-corrected chi connectivity index (χ3v) is 12.2. The minimum absolute atomic E-state index is 0.845. The molecule has 0 fully saturated rings. The molecule has 0 amide bonds. The second-order valence-corrected chi connectivity index (χ2v) is 15.7. The number of rotatable bonds is 7. The van der Waals surface area contributed by atoms with Gasteiger partial charge in [-0.05, 0) is 99.3 Å². The Kier molecular flexibility index (Phi) is 8.17. The molecule has 286 valence electrons. The molecule has 0 atom stereocenters. The van der Waals surface area contributed by atoms with Crippen molar-refractivity contribution < 1.29 is 4.42 Å². The van der Waals surface area contributed by atoms with Crippen molar-refractivity contribution in [2.45, 2.75) is 0 Å². The van der Waals surface area contributed by atoms with Crippen molar-refractivity contribution >= 4 is 71.6 Å². The lowest BCUT2D eigenvalue weighted by Gasteiger charge is -2.26. The van der Waals surface area contributed by atoms with E-state index in [1.165, 1.54) is 49.3 Å². The lowest BCUT2D eigenvalue weighted by molar-refractivity contribution is 0.670. The fraction of sp³-hybridized carbons (Fsp3) is 0. The van der Waals surface area contributed by atoms with E-state index in [2.05, 4.69) is 240 Å². The van der Waals surface area contributed by atoms with Gasteiger partial charge in [-0.2, -0.15) is 0 Å². The SMILES string of the molecule is c1ccc(-c2ccc(-c3ccc(N(c4ccc(-n5c6ccccc6c6ccccc65)cc4)c4cccc5c4oc4c(-c6ccccc6)cc6ccccc6c45)cc3)cc2)cc1. The third kappa shape index (κ3) is 5.82. The molecule has 0 aliphatic heterocycles. The van der Waals surface area contributed by atoms with E-state index >= 15 is 0 Å². The van der Waals surface area contributed by atoms with E-state index in [9.17, 15) is 0 Å². The highest BCUT2D eigenvalue weighted by molar-refractivity contribution is 6.24. The molecule has 3 heteroatoms. The maximum atomic E-state index is 7.18. The van der Waals surface area contributed by atoms with E-state index in [0.717, 1.165) is 61.4 Å². The summed E-state index contributed by atoms with van der Waals surface area (Å²) in [6.45, 7) is 0. The zero-order chi connectivity index (χ0) is 40.3. The number of para-hydroxylation sites is 3. The number of fused-ring (bicyclic) bond motifs is 8. The zero-order valence-electron chi connectivity index (χ0n) is 33.2. The van der Waals surface area contributed by atoms with Crippen molar-refractivity contribution in [2.24, 2.45) is 0 Å². The van der Waals surface area contributed by atoms with Gasteiger partial charge in [-0.25, -0.2) is 0 Å². The summed E-state index contributed by atoms with van der Waals surface area (Å²) in [6, 6.07) is 82.6. The molecule has 12 rings (SSSR count). The second kappa shape index (κ2) is 14.3. The molecule has 0 saturated heterocycles. The summed E-state index contributed by atoms with van der Waals surface area (Å²) < 4.78 is 9.54. The van der Waals surface area contributed by atoms with Gasteiger partial charge in [0.15, 0.2) is 5.58 Å². The minimum Gasteiger partial charge on any atom is -0.453 e. The Bertz CT molecular complexity index is 3490. The smallest absolute Gasteiger partial charge is 0.159 e. The van der Waals surface area contributed by atoms with Crippen LogP contribution < -0.4 is 4.90 Å². The van der Waals surface area contributed by atoms with Crippen molar-refractivity contribution in [1.29, 1.82) is 0 Å². The molecular weight excluding hydrogens is 741 g/mol. The highest BCUT2D eigenvalue weighted by Gasteiger charge is 2.23. The van der Waals surface area contributed by atoms with Crippen LogP contribution in [0.4, 0.5) is 17.1 Å². The van der Waals surface area contributed by atoms with Crippen molar-refractivity contribution in [3.63, 3.8) is 0 Å². The number of hydrogen-bond acceptors (Lipinski definition) is 2. The van der Waals surface area contributed by atoms with Crippen LogP contribution in [0.3, 0.4) is 0 Å². The first-order valence-corrected chi connectivity index (χ1v) is 20.8. The Morgan fingerprint density at radius 3 is 1.44 bits per heavy atom. The second-order valence-electron chi connectivity index (χ2n) is 15.7. The topological polar surface area (TPSA) is 21.3 Å². The van der Waals surface area contributed by atoms with Gasteiger partial charge in [-0.15, -0.1) is 0 Å². The van der Waals surface area contributed by atoms with Crippen molar-refractivity contribution in [3.05, 3.63) is 231 Å². The average molecular weight is 779 g/mol. The lowest BCUT2D eigenvalue weighted by atomic mass is 9.96. The van der Waals surface area contributed by atoms with Crippen LogP contribution in [0.1, 0.15) is 0 Å². The van der Waals surface area contributed by atoms with Crippen LogP contribution in [0.25, 0.3) is 93.6 Å². The van der Waals surface area contributed by atoms with Crippen LogP contribution in [0.5, 0.6) is 0 Å². The normalized spacial score (nSPS) is 11.6. The van der Waals surface area contributed by atoms with Gasteiger partial charge in [0, 0.05) is 44.2 Å².